The van der Waals surface area contributed by atoms with Crippen molar-refractivity contribution in [2.24, 2.45) is 5.92 Å². The summed E-state index contributed by atoms with van der Waals surface area (Å²) in [5, 5.41) is 6.04. The third kappa shape index (κ3) is 4.08. The van der Waals surface area contributed by atoms with Crippen molar-refractivity contribution in [3.8, 4) is 0 Å². The van der Waals surface area contributed by atoms with Crippen LogP contribution in [0, 0.1) is 19.8 Å². The van der Waals surface area contributed by atoms with Crippen LogP contribution in [-0.4, -0.2) is 35.8 Å². The molecule has 7 nitrogen and oxygen atoms in total. The molecule has 1 aliphatic rings. The summed E-state index contributed by atoms with van der Waals surface area (Å²) >= 11 is 0. The molecule has 1 aromatic heterocycles. The number of H-pyrrole nitrogens is 1. The lowest BCUT2D eigenvalue weighted by atomic mass is 10.0. The number of anilines is 2. The van der Waals surface area contributed by atoms with Gasteiger partial charge < -0.3 is 20.4 Å². The number of rotatable bonds is 7. The summed E-state index contributed by atoms with van der Waals surface area (Å²) in [5.74, 6) is -0.405. The lowest BCUT2D eigenvalue weighted by molar-refractivity contribution is -0.117. The molecule has 1 atom stereocenters. The highest BCUT2D eigenvalue weighted by Crippen LogP contribution is 2.30. The molecule has 1 heterocycles. The molecule has 0 saturated heterocycles. The van der Waals surface area contributed by atoms with Crippen molar-refractivity contribution in [1.29, 1.82) is 0 Å². The minimum Gasteiger partial charge on any atom is -0.465 e. The molecular formula is C21H25N3O4. The number of ether oxygens (including phenoxy) is 1. The highest BCUT2D eigenvalue weighted by atomic mass is 16.5. The zero-order chi connectivity index (χ0) is 20.4. The predicted octanol–water partition coefficient (Wildman–Crippen LogP) is 3.45. The molecule has 0 bridgehead atoms. The van der Waals surface area contributed by atoms with E-state index in [-0.39, 0.29) is 17.6 Å². The van der Waals surface area contributed by atoms with Crippen LogP contribution in [0.5, 0.6) is 0 Å². The smallest absolute Gasteiger partial charge is 0.339 e. The van der Waals surface area contributed by atoms with Gasteiger partial charge in [-0.15, -0.1) is 0 Å². The Kier molecular flexibility index (Phi) is 5.53. The van der Waals surface area contributed by atoms with Gasteiger partial charge in [0, 0.05) is 23.0 Å². The third-order valence-electron chi connectivity index (χ3n) is 4.95. The molecular weight excluding hydrogens is 358 g/mol. The fourth-order valence-corrected chi connectivity index (χ4v) is 3.18. The second-order valence-corrected chi connectivity index (χ2v) is 7.19. The second kappa shape index (κ2) is 7.88. The van der Waals surface area contributed by atoms with Gasteiger partial charge in [0.25, 0.3) is 0 Å². The summed E-state index contributed by atoms with van der Waals surface area (Å²) in [6.07, 6.45) is 1.92. The number of aryl methyl sites for hydroxylation is 1. The number of benzene rings is 1. The SMILES string of the molecule is COC(=O)c1c(C)[nH]c(C(=O)C(C)Nc2ccc(NC(=O)C3CC3)cc2)c1C. The van der Waals surface area contributed by atoms with E-state index in [0.717, 1.165) is 24.2 Å². The molecule has 148 valence electrons. The first-order valence-corrected chi connectivity index (χ1v) is 9.31. The van der Waals surface area contributed by atoms with Crippen LogP contribution in [0.1, 0.15) is 51.9 Å². The van der Waals surface area contributed by atoms with Crippen molar-refractivity contribution >= 4 is 29.0 Å². The zero-order valence-electron chi connectivity index (χ0n) is 16.5. The third-order valence-corrected chi connectivity index (χ3v) is 4.95. The van der Waals surface area contributed by atoms with E-state index in [1.54, 1.807) is 32.9 Å². The van der Waals surface area contributed by atoms with E-state index in [0.29, 0.717) is 22.5 Å². The quantitative estimate of drug-likeness (QED) is 0.502. The summed E-state index contributed by atoms with van der Waals surface area (Å²) < 4.78 is 4.79. The molecule has 1 unspecified atom stereocenters. The van der Waals surface area contributed by atoms with Gasteiger partial charge in [0.15, 0.2) is 0 Å². The van der Waals surface area contributed by atoms with E-state index in [9.17, 15) is 14.4 Å². The summed E-state index contributed by atoms with van der Waals surface area (Å²) in [4.78, 5) is 39.6. The van der Waals surface area contributed by atoms with Crippen molar-refractivity contribution in [2.75, 3.05) is 17.7 Å². The van der Waals surface area contributed by atoms with Crippen LogP contribution < -0.4 is 10.6 Å². The lowest BCUT2D eigenvalue weighted by Gasteiger charge is -2.15. The number of aromatic amines is 1. The number of carbonyl (C=O) groups excluding carboxylic acids is 3. The Morgan fingerprint density at radius 1 is 1.11 bits per heavy atom. The Hall–Kier alpha value is -3.09. The molecule has 7 heteroatoms. The number of carbonyl (C=O) groups is 3. The fraction of sp³-hybridized carbons (Fsp3) is 0.381. The Labute approximate surface area is 163 Å². The molecule has 1 fully saturated rings. The maximum atomic E-state index is 12.8. The molecule has 1 aliphatic carbocycles. The molecule has 2 aromatic rings. The normalized spacial score (nSPS) is 14.3. The van der Waals surface area contributed by atoms with Gasteiger partial charge in [-0.25, -0.2) is 4.79 Å². The Balaban J connectivity index is 1.67. The van der Waals surface area contributed by atoms with Gasteiger partial charge in [-0.1, -0.05) is 0 Å². The summed E-state index contributed by atoms with van der Waals surface area (Å²) in [5.41, 5.74) is 3.48. The van der Waals surface area contributed by atoms with E-state index < -0.39 is 12.0 Å². The van der Waals surface area contributed by atoms with Gasteiger partial charge in [-0.3, -0.25) is 9.59 Å². The van der Waals surface area contributed by atoms with Crippen LogP contribution in [0.15, 0.2) is 24.3 Å². The first kappa shape index (κ1) is 19.7. The first-order valence-electron chi connectivity index (χ1n) is 9.31. The molecule has 1 amide bonds. The topological polar surface area (TPSA) is 100 Å². The van der Waals surface area contributed by atoms with Crippen LogP contribution in [0.4, 0.5) is 11.4 Å². The van der Waals surface area contributed by atoms with E-state index in [1.807, 2.05) is 12.1 Å². The molecule has 1 saturated carbocycles. The van der Waals surface area contributed by atoms with Crippen molar-refractivity contribution < 1.29 is 19.1 Å². The number of amides is 1. The molecule has 0 aliphatic heterocycles. The second-order valence-electron chi connectivity index (χ2n) is 7.19. The van der Waals surface area contributed by atoms with E-state index >= 15 is 0 Å². The molecule has 0 radical (unpaired) electrons. The minimum absolute atomic E-state index is 0.0586. The molecule has 28 heavy (non-hydrogen) atoms. The predicted molar refractivity (Wildman–Crippen MR) is 107 cm³/mol. The summed E-state index contributed by atoms with van der Waals surface area (Å²) in [6.45, 7) is 5.23. The van der Waals surface area contributed by atoms with Crippen LogP contribution in [0.3, 0.4) is 0 Å². The fourth-order valence-electron chi connectivity index (χ4n) is 3.18. The average Bonchev–Trinajstić information content (AvgIpc) is 3.48. The summed E-state index contributed by atoms with van der Waals surface area (Å²) in [7, 11) is 1.32. The molecule has 3 rings (SSSR count). The Morgan fingerprint density at radius 3 is 2.29 bits per heavy atom. The molecule has 1 aromatic carbocycles. The van der Waals surface area contributed by atoms with Gasteiger partial charge in [-0.2, -0.15) is 0 Å². The van der Waals surface area contributed by atoms with Crippen LogP contribution in [0.2, 0.25) is 0 Å². The van der Waals surface area contributed by atoms with Crippen LogP contribution in [-0.2, 0) is 9.53 Å². The number of esters is 1. The largest absolute Gasteiger partial charge is 0.465 e. The number of aromatic nitrogens is 1. The maximum Gasteiger partial charge on any atom is 0.339 e. The zero-order valence-corrected chi connectivity index (χ0v) is 16.5. The monoisotopic (exact) mass is 383 g/mol. The van der Waals surface area contributed by atoms with Crippen molar-refractivity contribution in [2.45, 2.75) is 39.7 Å². The maximum absolute atomic E-state index is 12.8. The highest BCUT2D eigenvalue weighted by Gasteiger charge is 2.29. The highest BCUT2D eigenvalue weighted by molar-refractivity contribution is 6.04. The molecule has 3 N–H and O–H groups in total. The summed E-state index contributed by atoms with van der Waals surface area (Å²) in [6, 6.07) is 6.74. The molecule has 0 spiro atoms. The minimum atomic E-state index is -0.505. The van der Waals surface area contributed by atoms with Crippen LogP contribution in [0.25, 0.3) is 0 Å². The van der Waals surface area contributed by atoms with Crippen LogP contribution >= 0.6 is 0 Å². The van der Waals surface area contributed by atoms with E-state index in [2.05, 4.69) is 15.6 Å². The van der Waals surface area contributed by atoms with Gasteiger partial charge in [-0.05, 0) is 63.4 Å². The van der Waals surface area contributed by atoms with E-state index in [4.69, 9.17) is 4.74 Å². The standard InChI is InChI=1S/C21H25N3O4/c1-11-17(21(27)28-4)12(2)23-18(11)19(25)13(3)22-15-7-9-16(10-8-15)24-20(26)14-5-6-14/h7-10,13-14,22-23H,5-6H2,1-4H3,(H,24,26). The Morgan fingerprint density at radius 2 is 1.71 bits per heavy atom. The number of hydrogen-bond acceptors (Lipinski definition) is 5. The van der Waals surface area contributed by atoms with Gasteiger partial charge in [0.1, 0.15) is 0 Å². The van der Waals surface area contributed by atoms with Gasteiger partial charge >= 0.3 is 5.97 Å². The van der Waals surface area contributed by atoms with E-state index in [1.165, 1.54) is 7.11 Å². The van der Waals surface area contributed by atoms with Crippen molar-refractivity contribution in [1.82, 2.24) is 4.98 Å². The van der Waals surface area contributed by atoms with Crippen molar-refractivity contribution in [3.05, 3.63) is 46.8 Å². The van der Waals surface area contributed by atoms with Crippen molar-refractivity contribution in [3.63, 3.8) is 0 Å². The average molecular weight is 383 g/mol. The van der Waals surface area contributed by atoms with Gasteiger partial charge in [0.2, 0.25) is 11.7 Å². The number of nitrogens with one attached hydrogen (secondary N) is 3. The number of ketones is 1. The number of Topliss-reactive ketones (excluding diaryl/α,β-unsaturated/α-hetero) is 1. The van der Waals surface area contributed by atoms with Gasteiger partial charge in [0.05, 0.1) is 24.4 Å². The Bertz CT molecular complexity index is 910. The first-order chi connectivity index (χ1) is 13.3. The number of hydrogen-bond donors (Lipinski definition) is 3. The lowest BCUT2D eigenvalue weighted by Crippen LogP contribution is -2.27. The number of methoxy groups -OCH3 is 1.